The Morgan fingerprint density at radius 1 is 1.12 bits per heavy atom. The molecule has 176 valence electrons. The number of hydrogen-bond donors (Lipinski definition) is 0. The second-order valence-corrected chi connectivity index (χ2v) is 9.72. The largest absolute Gasteiger partial charge is 0.473 e. The highest BCUT2D eigenvalue weighted by Crippen LogP contribution is 2.46. The summed E-state index contributed by atoms with van der Waals surface area (Å²) in [4.78, 5) is 6.93. The van der Waals surface area contributed by atoms with Crippen molar-refractivity contribution < 1.29 is 9.26 Å². The molecule has 0 bridgehead atoms. The fraction of sp³-hybridized carbons (Fsp3) is 0.333. The first-order valence-corrected chi connectivity index (χ1v) is 12.4. The minimum Gasteiger partial charge on any atom is -0.473 e. The lowest BCUT2D eigenvalue weighted by atomic mass is 10.0. The summed E-state index contributed by atoms with van der Waals surface area (Å²) in [5.74, 6) is 1.79. The van der Waals surface area contributed by atoms with Crippen LogP contribution in [0.15, 0.2) is 58.7 Å². The maximum atomic E-state index is 6.46. The fourth-order valence-electron chi connectivity index (χ4n) is 4.35. The molecule has 2 heterocycles. The van der Waals surface area contributed by atoms with E-state index in [0.29, 0.717) is 33.1 Å². The Hall–Kier alpha value is -2.76. The number of halogens is 2. The van der Waals surface area contributed by atoms with Crippen LogP contribution in [0.4, 0.5) is 5.69 Å². The molecule has 5 rings (SSSR count). The van der Waals surface area contributed by atoms with Crippen LogP contribution in [-0.4, -0.2) is 23.7 Å². The Morgan fingerprint density at radius 3 is 2.59 bits per heavy atom. The van der Waals surface area contributed by atoms with Gasteiger partial charge < -0.3 is 14.2 Å². The zero-order valence-corrected chi connectivity index (χ0v) is 20.9. The molecule has 0 aliphatic heterocycles. The molecule has 1 saturated carbocycles. The van der Waals surface area contributed by atoms with Crippen LogP contribution >= 0.6 is 23.2 Å². The lowest BCUT2D eigenvalue weighted by molar-refractivity contribution is 0.288. The highest BCUT2D eigenvalue weighted by atomic mass is 35.5. The predicted molar refractivity (Wildman–Crippen MR) is 137 cm³/mol. The zero-order chi connectivity index (χ0) is 23.7. The maximum Gasteiger partial charge on any atom is 0.213 e. The van der Waals surface area contributed by atoms with Gasteiger partial charge in [0.1, 0.15) is 18.1 Å². The lowest BCUT2D eigenvalue weighted by Crippen LogP contribution is -2.21. The molecule has 0 spiro atoms. The van der Waals surface area contributed by atoms with E-state index in [4.69, 9.17) is 37.4 Å². The smallest absolute Gasteiger partial charge is 0.213 e. The average Bonchev–Trinajstić information content (AvgIpc) is 3.58. The van der Waals surface area contributed by atoms with E-state index < -0.39 is 0 Å². The lowest BCUT2D eigenvalue weighted by Gasteiger charge is -2.22. The van der Waals surface area contributed by atoms with Crippen molar-refractivity contribution >= 4 is 28.9 Å². The molecule has 2 aliphatic rings. The van der Waals surface area contributed by atoms with Gasteiger partial charge >= 0.3 is 0 Å². The van der Waals surface area contributed by atoms with E-state index in [1.54, 1.807) is 12.1 Å². The van der Waals surface area contributed by atoms with Gasteiger partial charge in [0.25, 0.3) is 0 Å². The highest BCUT2D eigenvalue weighted by Gasteiger charge is 2.33. The first-order chi connectivity index (χ1) is 16.5. The van der Waals surface area contributed by atoms with Gasteiger partial charge in [0.2, 0.25) is 5.88 Å². The molecule has 3 aromatic rings. The van der Waals surface area contributed by atoms with Crippen LogP contribution in [0.1, 0.15) is 48.6 Å². The molecule has 0 unspecified atom stereocenters. The molecule has 0 radical (unpaired) electrons. The summed E-state index contributed by atoms with van der Waals surface area (Å²) in [6.07, 6.45) is 11.1. The second-order valence-electron chi connectivity index (χ2n) is 8.90. The third-order valence-corrected chi connectivity index (χ3v) is 6.90. The summed E-state index contributed by atoms with van der Waals surface area (Å²) < 4.78 is 11.9. The first-order valence-electron chi connectivity index (χ1n) is 11.6. The van der Waals surface area contributed by atoms with E-state index in [2.05, 4.69) is 41.4 Å². The van der Waals surface area contributed by atoms with Crippen molar-refractivity contribution in [3.63, 3.8) is 0 Å². The van der Waals surface area contributed by atoms with Crippen LogP contribution in [0.5, 0.6) is 5.88 Å². The molecule has 2 aliphatic carbocycles. The third-order valence-electron chi connectivity index (χ3n) is 6.27. The van der Waals surface area contributed by atoms with Gasteiger partial charge in [-0.2, -0.15) is 0 Å². The van der Waals surface area contributed by atoms with Crippen molar-refractivity contribution in [2.75, 3.05) is 18.5 Å². The maximum absolute atomic E-state index is 6.46. The molecular formula is C27H27Cl2N3O2. The Kier molecular flexibility index (Phi) is 6.66. The molecule has 0 amide bonds. The van der Waals surface area contributed by atoms with Gasteiger partial charge in [-0.3, -0.25) is 0 Å². The van der Waals surface area contributed by atoms with E-state index in [1.807, 2.05) is 19.1 Å². The summed E-state index contributed by atoms with van der Waals surface area (Å²) in [6, 6.07) is 9.40. The monoisotopic (exact) mass is 495 g/mol. The third kappa shape index (κ3) is 4.86. The molecule has 0 N–H and O–H groups in total. The number of benzene rings is 1. The molecule has 1 fully saturated rings. The van der Waals surface area contributed by atoms with E-state index in [1.165, 1.54) is 5.57 Å². The summed E-state index contributed by atoms with van der Waals surface area (Å²) >= 11 is 12.9. The summed E-state index contributed by atoms with van der Waals surface area (Å²) in [5.41, 5.74) is 5.53. The fourth-order valence-corrected chi connectivity index (χ4v) is 4.93. The van der Waals surface area contributed by atoms with Gasteiger partial charge in [0.05, 0.1) is 27.0 Å². The Morgan fingerprint density at radius 2 is 1.91 bits per heavy atom. The van der Waals surface area contributed by atoms with Gasteiger partial charge in [-0.15, -0.1) is 0 Å². The molecule has 2 aromatic heterocycles. The van der Waals surface area contributed by atoms with Crippen LogP contribution in [0.3, 0.4) is 0 Å². The highest BCUT2D eigenvalue weighted by molar-refractivity contribution is 6.39. The number of pyridine rings is 1. The van der Waals surface area contributed by atoms with Crippen molar-refractivity contribution in [2.45, 2.75) is 45.1 Å². The van der Waals surface area contributed by atoms with Gasteiger partial charge in [0.15, 0.2) is 0 Å². The topological polar surface area (TPSA) is 51.4 Å². The Balaban J connectivity index is 1.35. The molecule has 5 nitrogen and oxygen atoms in total. The van der Waals surface area contributed by atoms with Crippen molar-refractivity contribution in [1.82, 2.24) is 10.1 Å². The number of hydrogen-bond acceptors (Lipinski definition) is 5. The number of aromatic nitrogens is 2. The molecule has 0 atom stereocenters. The van der Waals surface area contributed by atoms with Gasteiger partial charge in [-0.1, -0.05) is 52.7 Å². The molecule has 34 heavy (non-hydrogen) atoms. The van der Waals surface area contributed by atoms with E-state index in [0.717, 1.165) is 54.9 Å². The minimum absolute atomic E-state index is 0.283. The Labute approximate surface area is 210 Å². The van der Waals surface area contributed by atoms with Gasteiger partial charge in [-0.05, 0) is 56.4 Å². The van der Waals surface area contributed by atoms with Crippen LogP contribution in [-0.2, 0) is 6.61 Å². The molecular weight excluding hydrogens is 469 g/mol. The standard InChI is InChI=1S/C27H27Cl2N3O2/c1-17-23(32(2)15-18-7-4-3-5-8-18)13-14-24(30-17)33-16-20-26(31-34-27(20)19-11-12-19)25-21(28)9-6-10-22(25)29/h4,6-10,13-14,19H,3,5,11-12,15-16H2,1-2H3. The van der Waals surface area contributed by atoms with Crippen molar-refractivity contribution in [2.24, 2.45) is 0 Å². The number of ether oxygens (including phenoxy) is 1. The molecule has 1 aromatic carbocycles. The van der Waals surface area contributed by atoms with E-state index in [-0.39, 0.29) is 6.61 Å². The quantitative estimate of drug-likeness (QED) is 0.323. The van der Waals surface area contributed by atoms with Gasteiger partial charge in [0, 0.05) is 31.1 Å². The van der Waals surface area contributed by atoms with Crippen molar-refractivity contribution in [3.8, 4) is 17.1 Å². The first kappa shape index (κ1) is 23.0. The Bertz CT molecular complexity index is 1240. The zero-order valence-electron chi connectivity index (χ0n) is 19.4. The van der Waals surface area contributed by atoms with Gasteiger partial charge in [-0.25, -0.2) is 4.98 Å². The number of allylic oxidation sites excluding steroid dienone is 2. The average molecular weight is 496 g/mol. The van der Waals surface area contributed by atoms with Crippen LogP contribution in [0.2, 0.25) is 10.0 Å². The van der Waals surface area contributed by atoms with Crippen LogP contribution < -0.4 is 9.64 Å². The number of rotatable bonds is 8. The number of nitrogens with zero attached hydrogens (tertiary/aromatic N) is 3. The molecule has 0 saturated heterocycles. The number of aryl methyl sites for hydroxylation is 1. The summed E-state index contributed by atoms with van der Waals surface area (Å²) in [6.45, 7) is 3.14. The van der Waals surface area contributed by atoms with Crippen LogP contribution in [0, 0.1) is 6.92 Å². The minimum atomic E-state index is 0.283. The predicted octanol–water partition coefficient (Wildman–Crippen LogP) is 7.52. The van der Waals surface area contributed by atoms with Crippen LogP contribution in [0.25, 0.3) is 11.3 Å². The molecule has 7 heteroatoms. The van der Waals surface area contributed by atoms with E-state index >= 15 is 0 Å². The SMILES string of the molecule is Cc1nc(OCc2c(-c3c(Cl)cccc3Cl)noc2C2CC2)ccc1N(C)CC1=CCCC=C1. The number of likely N-dealkylation sites (N-methyl/N-ethyl adjacent to an activating group) is 1. The summed E-state index contributed by atoms with van der Waals surface area (Å²) in [7, 11) is 2.09. The second kappa shape index (κ2) is 9.85. The van der Waals surface area contributed by atoms with Crippen molar-refractivity contribution in [3.05, 3.63) is 81.2 Å². The number of anilines is 1. The normalized spacial score (nSPS) is 15.4. The van der Waals surface area contributed by atoms with E-state index in [9.17, 15) is 0 Å². The van der Waals surface area contributed by atoms with Crippen molar-refractivity contribution in [1.29, 1.82) is 0 Å². The summed E-state index contributed by atoms with van der Waals surface area (Å²) in [5, 5.41) is 5.40.